The Morgan fingerprint density at radius 1 is 1.00 bits per heavy atom. The molecule has 1 heterocycles. The molecule has 0 radical (unpaired) electrons. The van der Waals surface area contributed by atoms with Gasteiger partial charge in [0.05, 0.1) is 5.69 Å². The lowest BCUT2D eigenvalue weighted by Gasteiger charge is -2.13. The van der Waals surface area contributed by atoms with Crippen LogP contribution in [0.2, 0.25) is 0 Å². The van der Waals surface area contributed by atoms with E-state index < -0.39 is 0 Å². The first-order chi connectivity index (χ1) is 11.6. The minimum atomic E-state index is 0.778. The number of aromatic nitrogens is 2. The van der Waals surface area contributed by atoms with Gasteiger partial charge in [0.1, 0.15) is 0 Å². The van der Waals surface area contributed by atoms with E-state index in [1.165, 1.54) is 5.69 Å². The summed E-state index contributed by atoms with van der Waals surface area (Å²) < 4.78 is 5.07. The molecule has 0 aliphatic rings. The van der Waals surface area contributed by atoms with Gasteiger partial charge >= 0.3 is 0 Å². The highest BCUT2D eigenvalue weighted by atomic mass is 32.1. The number of benzene rings is 2. The number of unbranched alkanes of at least 4 members (excludes halogenated alkanes) is 1. The van der Waals surface area contributed by atoms with Crippen LogP contribution in [0.15, 0.2) is 54.6 Å². The monoisotopic (exact) mass is 337 g/mol. The molecule has 3 aromatic rings. The molecule has 0 aliphatic heterocycles. The Bertz CT molecular complexity index is 891. The summed E-state index contributed by atoms with van der Waals surface area (Å²) in [6.07, 6.45) is 3.26. The van der Waals surface area contributed by atoms with Crippen molar-refractivity contribution >= 4 is 17.9 Å². The highest BCUT2D eigenvalue weighted by Gasteiger charge is 2.19. The molecule has 0 unspecified atom stereocenters. The van der Waals surface area contributed by atoms with E-state index in [9.17, 15) is 0 Å². The van der Waals surface area contributed by atoms with E-state index in [0.29, 0.717) is 0 Å². The third-order valence-corrected chi connectivity index (χ3v) is 4.83. The summed E-state index contributed by atoms with van der Waals surface area (Å²) in [4.78, 5) is 0. The van der Waals surface area contributed by atoms with Gasteiger partial charge in [-0.3, -0.25) is 4.57 Å². The Labute approximate surface area is 148 Å². The van der Waals surface area contributed by atoms with E-state index in [2.05, 4.69) is 41.3 Å². The van der Waals surface area contributed by atoms with Gasteiger partial charge in [-0.25, -0.2) is 0 Å². The normalized spacial score (nSPS) is 10.9. The lowest BCUT2D eigenvalue weighted by atomic mass is 10.0. The average molecular weight is 337 g/mol. The average Bonchev–Trinajstić information content (AvgIpc) is 2.85. The molecule has 0 fully saturated rings. The number of imidazole rings is 1. The van der Waals surface area contributed by atoms with Gasteiger partial charge in [0.25, 0.3) is 0 Å². The maximum absolute atomic E-state index is 6.30. The maximum atomic E-state index is 6.30. The van der Waals surface area contributed by atoms with E-state index in [4.69, 9.17) is 18.0 Å². The molecule has 3 rings (SSSR count). The van der Waals surface area contributed by atoms with E-state index in [1.807, 2.05) is 36.4 Å². The minimum absolute atomic E-state index is 0.778. The topological polar surface area (TPSA) is 35.9 Å². The zero-order valence-corrected chi connectivity index (χ0v) is 15.0. The molecule has 0 saturated heterocycles. The van der Waals surface area contributed by atoms with E-state index in [0.717, 1.165) is 46.7 Å². The van der Waals surface area contributed by atoms with Crippen LogP contribution in [0.4, 0.5) is 5.69 Å². The minimum Gasteiger partial charge on any atom is -0.398 e. The van der Waals surface area contributed by atoms with Crippen LogP contribution in [-0.4, -0.2) is 9.13 Å². The summed E-state index contributed by atoms with van der Waals surface area (Å²) in [5.74, 6) is 0. The second kappa shape index (κ2) is 7.05. The van der Waals surface area contributed by atoms with E-state index in [1.54, 1.807) is 0 Å². The van der Waals surface area contributed by atoms with Crippen molar-refractivity contribution < 1.29 is 0 Å². The molecule has 24 heavy (non-hydrogen) atoms. The third kappa shape index (κ3) is 2.89. The van der Waals surface area contributed by atoms with Crippen LogP contribution in [0.1, 0.15) is 25.5 Å². The number of nitrogen functional groups attached to an aromatic ring is 1. The molecular formula is C20H23N3S. The van der Waals surface area contributed by atoms with Crippen molar-refractivity contribution in [2.45, 2.75) is 26.2 Å². The van der Waals surface area contributed by atoms with Gasteiger partial charge in [-0.2, -0.15) is 0 Å². The zero-order valence-electron chi connectivity index (χ0n) is 14.2. The van der Waals surface area contributed by atoms with Crippen LogP contribution >= 0.6 is 12.2 Å². The summed E-state index contributed by atoms with van der Waals surface area (Å²) in [6, 6.07) is 18.3. The highest BCUT2D eigenvalue weighted by molar-refractivity contribution is 7.71. The van der Waals surface area contributed by atoms with Crippen LogP contribution in [-0.2, 0) is 13.5 Å². The fourth-order valence-electron chi connectivity index (χ4n) is 3.08. The fourth-order valence-corrected chi connectivity index (χ4v) is 3.39. The largest absolute Gasteiger partial charge is 0.398 e. The van der Waals surface area contributed by atoms with Gasteiger partial charge in [-0.05, 0) is 43.3 Å². The predicted molar refractivity (Wildman–Crippen MR) is 104 cm³/mol. The first-order valence-corrected chi connectivity index (χ1v) is 8.76. The summed E-state index contributed by atoms with van der Waals surface area (Å²) in [6.45, 7) is 2.21. The molecule has 0 atom stereocenters. The molecule has 1 aromatic heterocycles. The van der Waals surface area contributed by atoms with Gasteiger partial charge in [-0.15, -0.1) is 0 Å². The molecule has 2 aromatic carbocycles. The second-order valence-corrected chi connectivity index (χ2v) is 6.36. The number of rotatable bonds is 5. The van der Waals surface area contributed by atoms with Gasteiger partial charge < -0.3 is 10.3 Å². The molecule has 124 valence electrons. The fraction of sp³-hybridized carbons (Fsp3) is 0.250. The summed E-state index contributed by atoms with van der Waals surface area (Å²) in [5.41, 5.74) is 11.5. The Kier molecular flexibility index (Phi) is 4.86. The van der Waals surface area contributed by atoms with Gasteiger partial charge in [0.2, 0.25) is 0 Å². The van der Waals surface area contributed by atoms with Crippen LogP contribution in [0.5, 0.6) is 0 Å². The van der Waals surface area contributed by atoms with Crippen molar-refractivity contribution in [1.29, 1.82) is 0 Å². The number of para-hydroxylation sites is 2. The Morgan fingerprint density at radius 3 is 2.33 bits per heavy atom. The SMILES string of the molecule is CCCCc1c(-c2ccccc2N)n(-c2ccccc2)c(=S)n1C. The number of nitrogens with two attached hydrogens (primary N) is 1. The standard InChI is InChI=1S/C20H23N3S/c1-3-4-14-18-19(16-12-8-9-13-17(16)21)23(20(24)22(18)2)15-10-6-5-7-11-15/h5-13H,3-4,14,21H2,1-2H3. The van der Waals surface area contributed by atoms with Crippen molar-refractivity contribution in [3.05, 3.63) is 65.1 Å². The molecule has 3 nitrogen and oxygen atoms in total. The smallest absolute Gasteiger partial charge is 0.184 e. The van der Waals surface area contributed by atoms with Crippen molar-refractivity contribution in [3.63, 3.8) is 0 Å². The Morgan fingerprint density at radius 2 is 1.67 bits per heavy atom. The van der Waals surface area contributed by atoms with Crippen LogP contribution in [0, 0.1) is 4.77 Å². The van der Waals surface area contributed by atoms with E-state index >= 15 is 0 Å². The van der Waals surface area contributed by atoms with Crippen molar-refractivity contribution in [3.8, 4) is 16.9 Å². The number of hydrogen-bond donors (Lipinski definition) is 1. The third-order valence-electron chi connectivity index (χ3n) is 4.38. The molecular weight excluding hydrogens is 314 g/mol. The molecule has 4 heteroatoms. The Balaban J connectivity index is 2.33. The first kappa shape index (κ1) is 16.5. The number of hydrogen-bond acceptors (Lipinski definition) is 2. The molecule has 0 aliphatic carbocycles. The van der Waals surface area contributed by atoms with Gasteiger partial charge in [-0.1, -0.05) is 49.7 Å². The Hall–Kier alpha value is -2.33. The molecule has 0 amide bonds. The predicted octanol–water partition coefficient (Wildman–Crippen LogP) is 5.14. The van der Waals surface area contributed by atoms with E-state index in [-0.39, 0.29) is 0 Å². The first-order valence-electron chi connectivity index (χ1n) is 8.36. The number of anilines is 1. The second-order valence-electron chi connectivity index (χ2n) is 6.00. The maximum Gasteiger partial charge on any atom is 0.184 e. The van der Waals surface area contributed by atoms with Crippen molar-refractivity contribution in [2.75, 3.05) is 5.73 Å². The van der Waals surface area contributed by atoms with Crippen LogP contribution in [0.25, 0.3) is 16.9 Å². The number of nitrogens with zero attached hydrogens (tertiary/aromatic N) is 2. The van der Waals surface area contributed by atoms with Crippen molar-refractivity contribution in [1.82, 2.24) is 9.13 Å². The lowest BCUT2D eigenvalue weighted by molar-refractivity contribution is 0.728. The zero-order chi connectivity index (χ0) is 17.1. The molecule has 2 N–H and O–H groups in total. The van der Waals surface area contributed by atoms with Gasteiger partial charge in [0.15, 0.2) is 4.77 Å². The summed E-state index contributed by atoms with van der Waals surface area (Å²) in [7, 11) is 2.05. The molecule has 0 spiro atoms. The van der Waals surface area contributed by atoms with Crippen molar-refractivity contribution in [2.24, 2.45) is 7.05 Å². The van der Waals surface area contributed by atoms with Gasteiger partial charge in [0, 0.05) is 29.7 Å². The molecule has 0 saturated carbocycles. The molecule has 0 bridgehead atoms. The van der Waals surface area contributed by atoms with Crippen LogP contribution in [0.3, 0.4) is 0 Å². The highest BCUT2D eigenvalue weighted by Crippen LogP contribution is 2.33. The van der Waals surface area contributed by atoms with Crippen LogP contribution < -0.4 is 5.73 Å². The lowest BCUT2D eigenvalue weighted by Crippen LogP contribution is -2.01. The summed E-state index contributed by atoms with van der Waals surface area (Å²) >= 11 is 5.76. The summed E-state index contributed by atoms with van der Waals surface area (Å²) in [5, 5.41) is 0. The quantitative estimate of drug-likeness (QED) is 0.517.